The number of benzene rings is 4. The maximum atomic E-state index is 14.2. The molecule has 0 aliphatic heterocycles. The second-order valence-electron chi connectivity index (χ2n) is 11.6. The van der Waals surface area contributed by atoms with Gasteiger partial charge in [-0.2, -0.15) is 0 Å². The number of carbonyl (C=O) groups is 4. The number of hydrogen-bond acceptors (Lipinski definition) is 8. The van der Waals surface area contributed by atoms with Gasteiger partial charge in [0.15, 0.2) is 0 Å². The molecule has 0 spiro atoms. The van der Waals surface area contributed by atoms with Gasteiger partial charge in [0, 0.05) is 24.9 Å². The third kappa shape index (κ3) is 12.2. The van der Waals surface area contributed by atoms with E-state index in [0.717, 1.165) is 16.7 Å². The van der Waals surface area contributed by atoms with Crippen LogP contribution in [0.2, 0.25) is 0 Å². The van der Waals surface area contributed by atoms with Gasteiger partial charge in [-0.1, -0.05) is 103 Å². The van der Waals surface area contributed by atoms with Crippen LogP contribution < -0.4 is 15.4 Å². The van der Waals surface area contributed by atoms with Crippen LogP contribution in [0.1, 0.15) is 27.9 Å². The van der Waals surface area contributed by atoms with Crippen LogP contribution in [0.25, 0.3) is 0 Å². The molecule has 0 saturated heterocycles. The van der Waals surface area contributed by atoms with Crippen LogP contribution in [0, 0.1) is 0 Å². The lowest BCUT2D eigenvalue weighted by atomic mass is 10.1. The molecule has 0 aliphatic carbocycles. The summed E-state index contributed by atoms with van der Waals surface area (Å²) in [4.78, 5) is 60.9. The van der Waals surface area contributed by atoms with Gasteiger partial charge in [0.05, 0.1) is 12.9 Å². The fourth-order valence-corrected chi connectivity index (χ4v) is 5.00. The molecule has 1 aromatic heterocycles. The van der Waals surface area contributed by atoms with E-state index in [9.17, 15) is 19.2 Å². The summed E-state index contributed by atoms with van der Waals surface area (Å²) in [6.07, 6.45) is 2.26. The van der Waals surface area contributed by atoms with Crippen molar-refractivity contribution in [3.05, 3.63) is 156 Å². The van der Waals surface area contributed by atoms with Crippen molar-refractivity contribution in [2.75, 3.05) is 13.1 Å². The number of rotatable bonds is 17. The van der Waals surface area contributed by atoms with Crippen LogP contribution in [0.4, 0.5) is 4.79 Å². The summed E-state index contributed by atoms with van der Waals surface area (Å²) < 4.78 is 16.6. The molecule has 262 valence electrons. The molecule has 1 atom stereocenters. The summed E-state index contributed by atoms with van der Waals surface area (Å²) >= 11 is 0. The van der Waals surface area contributed by atoms with Crippen LogP contribution in [-0.4, -0.2) is 57.9 Å². The lowest BCUT2D eigenvalue weighted by molar-refractivity contribution is -0.145. The van der Waals surface area contributed by atoms with Crippen molar-refractivity contribution in [3.63, 3.8) is 0 Å². The van der Waals surface area contributed by atoms with Gasteiger partial charge in [-0.25, -0.2) is 9.78 Å². The fraction of sp³-hybridized carbons (Fsp3) is 0.205. The Labute approximate surface area is 295 Å². The average molecular weight is 690 g/mol. The second kappa shape index (κ2) is 18.9. The molecule has 5 rings (SSSR count). The number of carbonyl (C=O) groups excluding carboxylic acids is 4. The summed E-state index contributed by atoms with van der Waals surface area (Å²) in [5, 5.41) is 5.20. The SMILES string of the molecule is O=C(CN(Cc1ccc(OCc2ccccc2)cc1)C(=O)[C@H](Cc1cnc[nH]1)NC(=O)OCc1ccccc1)NCC(=O)OCc1ccccc1. The molecule has 51 heavy (non-hydrogen) atoms. The number of alkyl carbamates (subject to hydrolysis) is 1. The topological polar surface area (TPSA) is 152 Å². The molecule has 12 heteroatoms. The van der Waals surface area contributed by atoms with Gasteiger partial charge in [0.1, 0.15) is 38.2 Å². The first-order valence-corrected chi connectivity index (χ1v) is 16.4. The Morgan fingerprint density at radius 3 is 1.88 bits per heavy atom. The maximum Gasteiger partial charge on any atom is 0.408 e. The molecule has 0 fully saturated rings. The number of esters is 1. The molecule has 0 unspecified atom stereocenters. The van der Waals surface area contributed by atoms with Gasteiger partial charge < -0.3 is 34.7 Å². The molecule has 1 heterocycles. The predicted octanol–water partition coefficient (Wildman–Crippen LogP) is 4.71. The largest absolute Gasteiger partial charge is 0.489 e. The minimum absolute atomic E-state index is 0.00280. The van der Waals surface area contributed by atoms with Gasteiger partial charge in [-0.05, 0) is 34.4 Å². The first-order valence-electron chi connectivity index (χ1n) is 16.4. The molecule has 4 aromatic carbocycles. The monoisotopic (exact) mass is 689 g/mol. The van der Waals surface area contributed by atoms with E-state index in [1.807, 2.05) is 91.0 Å². The van der Waals surface area contributed by atoms with Crippen molar-refractivity contribution in [3.8, 4) is 5.75 Å². The number of nitrogens with zero attached hydrogens (tertiary/aromatic N) is 2. The number of amides is 3. The first-order chi connectivity index (χ1) is 24.9. The number of imidazole rings is 1. The molecular formula is C39H39N5O7. The Morgan fingerprint density at radius 2 is 1.29 bits per heavy atom. The highest BCUT2D eigenvalue weighted by molar-refractivity contribution is 5.90. The van der Waals surface area contributed by atoms with Crippen LogP contribution in [0.15, 0.2) is 128 Å². The molecule has 12 nitrogen and oxygen atoms in total. The van der Waals surface area contributed by atoms with Crippen LogP contribution >= 0.6 is 0 Å². The zero-order valence-corrected chi connectivity index (χ0v) is 27.9. The number of aromatic amines is 1. The molecular weight excluding hydrogens is 650 g/mol. The van der Waals surface area contributed by atoms with Gasteiger partial charge in [0.2, 0.25) is 11.8 Å². The highest BCUT2D eigenvalue weighted by Crippen LogP contribution is 2.17. The number of nitrogens with one attached hydrogen (secondary N) is 3. The van der Waals surface area contributed by atoms with E-state index in [-0.39, 0.29) is 32.7 Å². The third-order valence-corrected chi connectivity index (χ3v) is 7.65. The Bertz CT molecular complexity index is 1820. The zero-order valence-electron chi connectivity index (χ0n) is 27.9. The highest BCUT2D eigenvalue weighted by Gasteiger charge is 2.29. The summed E-state index contributed by atoms with van der Waals surface area (Å²) in [6, 6.07) is 34.1. The Morgan fingerprint density at radius 1 is 0.706 bits per heavy atom. The predicted molar refractivity (Wildman–Crippen MR) is 188 cm³/mol. The summed E-state index contributed by atoms with van der Waals surface area (Å²) in [5.74, 6) is -1.13. The van der Waals surface area contributed by atoms with Crippen molar-refractivity contribution in [1.82, 2.24) is 25.5 Å². The van der Waals surface area contributed by atoms with Gasteiger partial charge in [-0.15, -0.1) is 0 Å². The smallest absolute Gasteiger partial charge is 0.408 e. The van der Waals surface area contributed by atoms with E-state index in [4.69, 9.17) is 14.2 Å². The van der Waals surface area contributed by atoms with E-state index < -0.39 is 36.5 Å². The first kappa shape index (κ1) is 35.9. The quantitative estimate of drug-likeness (QED) is 0.119. The summed E-state index contributed by atoms with van der Waals surface area (Å²) in [5.41, 5.74) is 3.90. The van der Waals surface area contributed by atoms with Crippen LogP contribution in [0.5, 0.6) is 5.75 Å². The molecule has 0 bridgehead atoms. The average Bonchev–Trinajstić information content (AvgIpc) is 3.69. The molecule has 0 aliphatic rings. The van der Waals surface area contributed by atoms with Gasteiger partial charge >= 0.3 is 12.1 Å². The molecule has 0 saturated carbocycles. The standard InChI is InChI=1S/C39H39N5O7/c45-36(41-22-37(46)50-26-31-12-6-2-7-13-31)24-44(23-29-16-18-34(19-17-29)49-25-30-10-4-1-5-11-30)38(47)35(20-33-21-40-28-42-33)43-39(48)51-27-32-14-8-3-9-15-32/h1-19,21,28,35H,20,22-27H2,(H,40,42)(H,41,45)(H,43,48)/t35-/m0/s1. The van der Waals surface area contributed by atoms with E-state index in [0.29, 0.717) is 23.6 Å². The van der Waals surface area contributed by atoms with E-state index in [1.54, 1.807) is 30.5 Å². The van der Waals surface area contributed by atoms with Crippen molar-refractivity contribution >= 4 is 23.9 Å². The minimum atomic E-state index is -1.12. The molecule has 3 N–H and O–H groups in total. The summed E-state index contributed by atoms with van der Waals surface area (Å²) in [7, 11) is 0. The Balaban J connectivity index is 1.26. The van der Waals surface area contributed by atoms with Crippen LogP contribution in [0.3, 0.4) is 0 Å². The lowest BCUT2D eigenvalue weighted by Gasteiger charge is -2.27. The van der Waals surface area contributed by atoms with Crippen molar-refractivity contribution in [1.29, 1.82) is 0 Å². The third-order valence-electron chi connectivity index (χ3n) is 7.65. The molecule has 3 amide bonds. The van der Waals surface area contributed by atoms with Gasteiger partial charge in [0.25, 0.3) is 0 Å². The van der Waals surface area contributed by atoms with E-state index in [1.165, 1.54) is 11.2 Å². The second-order valence-corrected chi connectivity index (χ2v) is 11.6. The number of aromatic nitrogens is 2. The number of ether oxygens (including phenoxy) is 3. The Kier molecular flexibility index (Phi) is 13.3. The number of hydrogen-bond donors (Lipinski definition) is 3. The molecule has 5 aromatic rings. The fourth-order valence-electron chi connectivity index (χ4n) is 5.00. The van der Waals surface area contributed by atoms with Crippen molar-refractivity contribution in [2.45, 2.75) is 38.8 Å². The normalized spacial score (nSPS) is 11.1. The van der Waals surface area contributed by atoms with Crippen LogP contribution in [-0.2, 0) is 56.6 Å². The van der Waals surface area contributed by atoms with Gasteiger partial charge in [-0.3, -0.25) is 14.4 Å². The zero-order chi connectivity index (χ0) is 35.7. The van der Waals surface area contributed by atoms with Crippen molar-refractivity contribution < 1.29 is 33.4 Å². The Hall–Kier alpha value is -6.43. The minimum Gasteiger partial charge on any atom is -0.489 e. The number of H-pyrrole nitrogens is 1. The molecule has 0 radical (unpaired) electrons. The lowest BCUT2D eigenvalue weighted by Crippen LogP contribution is -2.52. The maximum absolute atomic E-state index is 14.2. The van der Waals surface area contributed by atoms with E-state index >= 15 is 0 Å². The van der Waals surface area contributed by atoms with Crippen molar-refractivity contribution in [2.24, 2.45) is 0 Å². The van der Waals surface area contributed by atoms with E-state index in [2.05, 4.69) is 20.6 Å². The highest BCUT2D eigenvalue weighted by atomic mass is 16.5. The summed E-state index contributed by atoms with van der Waals surface area (Å²) in [6.45, 7) is -0.320.